The molecule has 0 aliphatic rings. The van der Waals surface area contributed by atoms with Crippen molar-refractivity contribution in [3.8, 4) is 0 Å². The first kappa shape index (κ1) is 15.3. The number of nitrogens with one attached hydrogen (secondary N) is 1. The summed E-state index contributed by atoms with van der Waals surface area (Å²) in [4.78, 5) is 15.7. The van der Waals surface area contributed by atoms with Crippen LogP contribution in [0.2, 0.25) is 0 Å². The van der Waals surface area contributed by atoms with Crippen molar-refractivity contribution in [3.05, 3.63) is 29.6 Å². The molecule has 0 atom stereocenters. The summed E-state index contributed by atoms with van der Waals surface area (Å²) in [5, 5.41) is 14.2. The summed E-state index contributed by atoms with van der Waals surface area (Å²) in [5.74, 6) is 0.856. The molecule has 1 amide bonds. The summed E-state index contributed by atoms with van der Waals surface area (Å²) in [6.07, 6.45) is 5.50. The Hall–Kier alpha value is -1.76. The maximum atomic E-state index is 11.7. The number of nitrogens with zero attached hydrogens (tertiary/aromatic N) is 2. The minimum Gasteiger partial charge on any atom is -0.409 e. The first-order valence-corrected chi connectivity index (χ1v) is 7.29. The van der Waals surface area contributed by atoms with Crippen molar-refractivity contribution in [2.45, 2.75) is 12.8 Å². The molecule has 104 valence electrons. The van der Waals surface area contributed by atoms with Crippen molar-refractivity contribution in [2.24, 2.45) is 10.9 Å². The van der Waals surface area contributed by atoms with E-state index in [1.54, 1.807) is 23.9 Å². The molecule has 1 aromatic heterocycles. The number of aromatic nitrogens is 1. The van der Waals surface area contributed by atoms with Crippen LogP contribution in [0.25, 0.3) is 0 Å². The normalized spacial score (nSPS) is 11.3. The molecule has 0 aliphatic heterocycles. The maximum Gasteiger partial charge on any atom is 0.269 e. The maximum absolute atomic E-state index is 11.7. The van der Waals surface area contributed by atoms with E-state index in [1.807, 2.05) is 0 Å². The molecular formula is C12H18N4O2S. The molecule has 1 rings (SSSR count). The molecule has 0 spiro atoms. The zero-order chi connectivity index (χ0) is 14.1. The molecule has 1 aromatic rings. The van der Waals surface area contributed by atoms with Crippen molar-refractivity contribution in [2.75, 3.05) is 18.6 Å². The van der Waals surface area contributed by atoms with E-state index in [-0.39, 0.29) is 11.7 Å². The molecule has 0 unspecified atom stereocenters. The fourth-order valence-corrected chi connectivity index (χ4v) is 1.89. The number of carbonyl (C=O) groups is 1. The van der Waals surface area contributed by atoms with Crippen LogP contribution < -0.4 is 11.1 Å². The highest BCUT2D eigenvalue weighted by molar-refractivity contribution is 7.98. The number of pyridine rings is 1. The third-order valence-electron chi connectivity index (χ3n) is 2.46. The van der Waals surface area contributed by atoms with Crippen LogP contribution in [0.3, 0.4) is 0 Å². The minimum atomic E-state index is -0.213. The van der Waals surface area contributed by atoms with Gasteiger partial charge in [0.1, 0.15) is 5.69 Å². The number of thioether (sulfide) groups is 1. The number of rotatable bonds is 7. The number of oxime groups is 1. The van der Waals surface area contributed by atoms with E-state index in [9.17, 15) is 4.79 Å². The Morgan fingerprint density at radius 2 is 2.32 bits per heavy atom. The molecule has 0 radical (unpaired) electrons. The topological polar surface area (TPSA) is 101 Å². The fourth-order valence-electron chi connectivity index (χ4n) is 1.40. The standard InChI is InChI=1S/C12H18N4O2S/c1-19-7-3-2-6-14-12(17)10-5-4-9(8-15-10)11(13)16-18/h4-5,8,18H,2-3,6-7H2,1H3,(H2,13,16)(H,14,17). The highest BCUT2D eigenvalue weighted by atomic mass is 32.2. The molecule has 0 aromatic carbocycles. The molecule has 0 bridgehead atoms. The first-order chi connectivity index (χ1) is 9.19. The molecule has 4 N–H and O–H groups in total. The molecule has 0 saturated carbocycles. The second-order valence-electron chi connectivity index (χ2n) is 3.87. The number of unbranched alkanes of at least 4 members (excludes halogenated alkanes) is 1. The Bertz CT molecular complexity index is 434. The summed E-state index contributed by atoms with van der Waals surface area (Å²) >= 11 is 1.79. The van der Waals surface area contributed by atoms with Gasteiger partial charge in [-0.2, -0.15) is 11.8 Å². The SMILES string of the molecule is CSCCCCNC(=O)c1ccc(/C(N)=N/O)cn1. The molecule has 0 saturated heterocycles. The Morgan fingerprint density at radius 1 is 1.53 bits per heavy atom. The Labute approximate surface area is 116 Å². The third kappa shape index (κ3) is 5.17. The van der Waals surface area contributed by atoms with Crippen molar-refractivity contribution in [1.29, 1.82) is 0 Å². The predicted octanol–water partition coefficient (Wildman–Crippen LogP) is 1.05. The first-order valence-electron chi connectivity index (χ1n) is 5.90. The summed E-state index contributed by atoms with van der Waals surface area (Å²) in [6, 6.07) is 3.13. The Balaban J connectivity index is 2.45. The summed E-state index contributed by atoms with van der Waals surface area (Å²) < 4.78 is 0. The zero-order valence-electron chi connectivity index (χ0n) is 10.8. The lowest BCUT2D eigenvalue weighted by Crippen LogP contribution is -2.25. The van der Waals surface area contributed by atoms with Gasteiger partial charge in [-0.3, -0.25) is 9.78 Å². The lowest BCUT2D eigenvalue weighted by molar-refractivity contribution is 0.0948. The van der Waals surface area contributed by atoms with Crippen molar-refractivity contribution in [3.63, 3.8) is 0 Å². The van der Waals surface area contributed by atoms with Crippen molar-refractivity contribution >= 4 is 23.5 Å². The van der Waals surface area contributed by atoms with Crippen LogP contribution in [-0.4, -0.2) is 40.5 Å². The van der Waals surface area contributed by atoms with Gasteiger partial charge in [-0.25, -0.2) is 0 Å². The number of amides is 1. The zero-order valence-corrected chi connectivity index (χ0v) is 11.6. The Kier molecular flexibility index (Phi) is 6.73. The summed E-state index contributed by atoms with van der Waals surface area (Å²) in [5.41, 5.74) is 6.19. The van der Waals surface area contributed by atoms with E-state index < -0.39 is 0 Å². The van der Waals surface area contributed by atoms with E-state index in [1.165, 1.54) is 6.20 Å². The van der Waals surface area contributed by atoms with Crippen LogP contribution in [0.4, 0.5) is 0 Å². The summed E-state index contributed by atoms with van der Waals surface area (Å²) in [6.45, 7) is 0.642. The van der Waals surface area contributed by atoms with Gasteiger partial charge in [-0.1, -0.05) is 5.16 Å². The number of carbonyl (C=O) groups excluding carboxylic acids is 1. The van der Waals surface area contributed by atoms with Gasteiger partial charge < -0.3 is 16.3 Å². The molecule has 0 aliphatic carbocycles. The van der Waals surface area contributed by atoms with Crippen LogP contribution in [-0.2, 0) is 0 Å². The molecular weight excluding hydrogens is 264 g/mol. The predicted molar refractivity (Wildman–Crippen MR) is 76.7 cm³/mol. The average molecular weight is 282 g/mol. The monoisotopic (exact) mass is 282 g/mol. The molecule has 1 heterocycles. The third-order valence-corrected chi connectivity index (χ3v) is 3.16. The van der Waals surface area contributed by atoms with Gasteiger partial charge in [0, 0.05) is 18.3 Å². The second kappa shape index (κ2) is 8.36. The summed E-state index contributed by atoms with van der Waals surface area (Å²) in [7, 11) is 0. The van der Waals surface area contributed by atoms with Gasteiger partial charge in [0.15, 0.2) is 5.84 Å². The lowest BCUT2D eigenvalue weighted by Gasteiger charge is -2.05. The van der Waals surface area contributed by atoms with Crippen molar-refractivity contribution in [1.82, 2.24) is 10.3 Å². The largest absolute Gasteiger partial charge is 0.409 e. The highest BCUT2D eigenvalue weighted by Gasteiger charge is 2.07. The van der Waals surface area contributed by atoms with E-state index in [2.05, 4.69) is 21.7 Å². The quantitative estimate of drug-likeness (QED) is 0.228. The van der Waals surface area contributed by atoms with Gasteiger partial charge in [0.05, 0.1) is 0 Å². The van der Waals surface area contributed by atoms with Crippen molar-refractivity contribution < 1.29 is 10.0 Å². The minimum absolute atomic E-state index is 0.0310. The highest BCUT2D eigenvalue weighted by Crippen LogP contribution is 2.01. The van der Waals surface area contributed by atoms with Gasteiger partial charge in [0.2, 0.25) is 0 Å². The number of nitrogens with two attached hydrogens (primary N) is 1. The lowest BCUT2D eigenvalue weighted by atomic mass is 10.2. The number of amidine groups is 1. The van der Waals surface area contributed by atoms with Crippen LogP contribution >= 0.6 is 11.8 Å². The smallest absolute Gasteiger partial charge is 0.269 e. The molecule has 19 heavy (non-hydrogen) atoms. The fraction of sp³-hybridized carbons (Fsp3) is 0.417. The Morgan fingerprint density at radius 3 is 2.89 bits per heavy atom. The van der Waals surface area contributed by atoms with Crippen LogP contribution in [0.1, 0.15) is 28.9 Å². The molecule has 0 fully saturated rings. The second-order valence-corrected chi connectivity index (χ2v) is 4.86. The average Bonchev–Trinajstić information content (AvgIpc) is 2.46. The van der Waals surface area contributed by atoms with Gasteiger partial charge in [0.25, 0.3) is 5.91 Å². The van der Waals surface area contributed by atoms with Gasteiger partial charge >= 0.3 is 0 Å². The van der Waals surface area contributed by atoms with Crippen LogP contribution in [0.15, 0.2) is 23.5 Å². The van der Waals surface area contributed by atoms with Gasteiger partial charge in [-0.15, -0.1) is 0 Å². The van der Waals surface area contributed by atoms with E-state index in [0.717, 1.165) is 18.6 Å². The van der Waals surface area contributed by atoms with E-state index in [4.69, 9.17) is 10.9 Å². The molecule has 6 nitrogen and oxygen atoms in total. The van der Waals surface area contributed by atoms with E-state index >= 15 is 0 Å². The van der Waals surface area contributed by atoms with Crippen LogP contribution in [0, 0.1) is 0 Å². The van der Waals surface area contributed by atoms with Crippen LogP contribution in [0.5, 0.6) is 0 Å². The number of hydrogen-bond donors (Lipinski definition) is 3. The van der Waals surface area contributed by atoms with E-state index in [0.29, 0.717) is 17.8 Å². The number of hydrogen-bond acceptors (Lipinski definition) is 5. The molecule has 7 heteroatoms. The van der Waals surface area contributed by atoms with Gasteiger partial charge in [-0.05, 0) is 37.0 Å².